The van der Waals surface area contributed by atoms with E-state index in [2.05, 4.69) is 19.6 Å². The van der Waals surface area contributed by atoms with Gasteiger partial charge in [0.05, 0.1) is 6.67 Å². The molecule has 0 bridgehead atoms. The third-order valence-electron chi connectivity index (χ3n) is 2.81. The molecule has 0 saturated heterocycles. The summed E-state index contributed by atoms with van der Waals surface area (Å²) in [5.41, 5.74) is 0. The van der Waals surface area contributed by atoms with Gasteiger partial charge < -0.3 is 4.43 Å². The average molecular weight is 262 g/mol. The van der Waals surface area contributed by atoms with Gasteiger partial charge in [-0.25, -0.2) is 0 Å². The summed E-state index contributed by atoms with van der Waals surface area (Å²) < 4.78 is 17.6. The molecule has 0 saturated carbocycles. The van der Waals surface area contributed by atoms with E-state index in [4.69, 9.17) is 4.43 Å². The first-order chi connectivity index (χ1) is 8.06. The summed E-state index contributed by atoms with van der Waals surface area (Å²) in [7, 11) is -1.28. The fourth-order valence-electron chi connectivity index (χ4n) is 1.81. The van der Waals surface area contributed by atoms with Crippen LogP contribution < -0.4 is 0 Å². The molecule has 0 fully saturated rings. The standard InChI is InChI=1S/C14H31FOSi/c1-17(2,3)16-14-12-10-8-6-4-5-7-9-11-13-15/h4-14H2,1-3H3. The quantitative estimate of drug-likeness (QED) is 0.342. The van der Waals surface area contributed by atoms with Crippen LogP contribution in [0.4, 0.5) is 4.39 Å². The predicted molar refractivity (Wildman–Crippen MR) is 76.8 cm³/mol. The highest BCUT2D eigenvalue weighted by atomic mass is 28.4. The van der Waals surface area contributed by atoms with E-state index in [0.29, 0.717) is 0 Å². The molecule has 0 rings (SSSR count). The molecule has 0 spiro atoms. The van der Waals surface area contributed by atoms with Gasteiger partial charge in [0.2, 0.25) is 0 Å². The molecule has 0 heterocycles. The van der Waals surface area contributed by atoms with Crippen LogP contribution in [0.2, 0.25) is 19.6 Å². The highest BCUT2D eigenvalue weighted by Crippen LogP contribution is 2.10. The Balaban J connectivity index is 2.99. The Labute approximate surface area is 108 Å². The van der Waals surface area contributed by atoms with E-state index in [1.165, 1.54) is 44.9 Å². The zero-order chi connectivity index (χ0) is 13.0. The molecule has 0 radical (unpaired) electrons. The van der Waals surface area contributed by atoms with E-state index in [9.17, 15) is 4.39 Å². The van der Waals surface area contributed by atoms with Gasteiger partial charge in [-0.1, -0.05) is 44.9 Å². The van der Waals surface area contributed by atoms with Crippen LogP contribution in [0.15, 0.2) is 0 Å². The topological polar surface area (TPSA) is 9.23 Å². The van der Waals surface area contributed by atoms with Gasteiger partial charge in [0.25, 0.3) is 0 Å². The fraction of sp³-hybridized carbons (Fsp3) is 1.00. The molecular weight excluding hydrogens is 231 g/mol. The molecule has 3 heteroatoms. The molecule has 1 nitrogen and oxygen atoms in total. The van der Waals surface area contributed by atoms with Crippen LogP contribution in [0.1, 0.15) is 57.8 Å². The van der Waals surface area contributed by atoms with E-state index in [1.54, 1.807) is 0 Å². The van der Waals surface area contributed by atoms with Gasteiger partial charge in [-0.05, 0) is 32.5 Å². The lowest BCUT2D eigenvalue weighted by Gasteiger charge is -2.16. The second-order valence-corrected chi connectivity index (χ2v) is 10.3. The minimum absolute atomic E-state index is 0.142. The molecule has 0 atom stereocenters. The maximum Gasteiger partial charge on any atom is 0.183 e. The monoisotopic (exact) mass is 262 g/mol. The first-order valence-electron chi connectivity index (χ1n) is 7.26. The highest BCUT2D eigenvalue weighted by molar-refractivity contribution is 6.69. The molecule has 0 aliphatic carbocycles. The van der Waals surface area contributed by atoms with Crippen molar-refractivity contribution in [1.82, 2.24) is 0 Å². The van der Waals surface area contributed by atoms with Crippen molar-refractivity contribution in [3.05, 3.63) is 0 Å². The number of alkyl halides is 1. The molecule has 0 amide bonds. The minimum atomic E-state index is -1.28. The minimum Gasteiger partial charge on any atom is -0.418 e. The lowest BCUT2D eigenvalue weighted by atomic mass is 10.1. The van der Waals surface area contributed by atoms with E-state index in [-0.39, 0.29) is 6.67 Å². The molecule has 104 valence electrons. The number of halogens is 1. The molecular formula is C14H31FOSi. The lowest BCUT2D eigenvalue weighted by Crippen LogP contribution is -2.25. The van der Waals surface area contributed by atoms with E-state index in [0.717, 1.165) is 19.4 Å². The number of hydrogen-bond donors (Lipinski definition) is 0. The van der Waals surface area contributed by atoms with Crippen LogP contribution in [0, 0.1) is 0 Å². The van der Waals surface area contributed by atoms with Crippen LogP contribution in [-0.2, 0) is 4.43 Å². The maximum atomic E-state index is 11.8. The van der Waals surface area contributed by atoms with Gasteiger partial charge >= 0.3 is 0 Å². The second kappa shape index (κ2) is 11.2. The summed E-state index contributed by atoms with van der Waals surface area (Å²) in [6, 6.07) is 0. The summed E-state index contributed by atoms with van der Waals surface area (Å²) in [5.74, 6) is 0. The van der Waals surface area contributed by atoms with Crippen LogP contribution in [0.3, 0.4) is 0 Å². The molecule has 17 heavy (non-hydrogen) atoms. The van der Waals surface area contributed by atoms with Gasteiger partial charge in [0.1, 0.15) is 0 Å². The highest BCUT2D eigenvalue weighted by Gasteiger charge is 2.12. The van der Waals surface area contributed by atoms with Crippen molar-refractivity contribution in [3.8, 4) is 0 Å². The second-order valence-electron chi connectivity index (χ2n) is 5.83. The van der Waals surface area contributed by atoms with Crippen molar-refractivity contribution in [1.29, 1.82) is 0 Å². The third-order valence-corrected chi connectivity index (χ3v) is 3.88. The van der Waals surface area contributed by atoms with Crippen LogP contribution in [0.5, 0.6) is 0 Å². The van der Waals surface area contributed by atoms with E-state index < -0.39 is 8.32 Å². The zero-order valence-electron chi connectivity index (χ0n) is 12.1. The molecule has 0 unspecified atom stereocenters. The van der Waals surface area contributed by atoms with Gasteiger partial charge in [0.15, 0.2) is 8.32 Å². The van der Waals surface area contributed by atoms with Crippen molar-refractivity contribution >= 4 is 8.32 Å². The van der Waals surface area contributed by atoms with Crippen molar-refractivity contribution in [2.24, 2.45) is 0 Å². The average Bonchev–Trinajstić information content (AvgIpc) is 2.24. The van der Waals surface area contributed by atoms with Crippen molar-refractivity contribution < 1.29 is 8.82 Å². The molecule has 0 N–H and O–H groups in total. The Kier molecular flexibility index (Phi) is 11.3. The van der Waals surface area contributed by atoms with Gasteiger partial charge in [-0.3, -0.25) is 4.39 Å². The smallest absolute Gasteiger partial charge is 0.183 e. The first-order valence-corrected chi connectivity index (χ1v) is 10.7. The SMILES string of the molecule is C[Si](C)(C)OCCCCCCCCCCCF. The Morgan fingerprint density at radius 2 is 1.12 bits per heavy atom. The van der Waals surface area contributed by atoms with Crippen molar-refractivity contribution in [3.63, 3.8) is 0 Å². The fourth-order valence-corrected chi connectivity index (χ4v) is 2.57. The number of rotatable bonds is 12. The summed E-state index contributed by atoms with van der Waals surface area (Å²) >= 11 is 0. The third kappa shape index (κ3) is 16.1. The van der Waals surface area contributed by atoms with Gasteiger partial charge in [-0.2, -0.15) is 0 Å². The van der Waals surface area contributed by atoms with Crippen LogP contribution in [0.25, 0.3) is 0 Å². The number of hydrogen-bond acceptors (Lipinski definition) is 1. The first kappa shape index (κ1) is 17.1. The number of unbranched alkanes of at least 4 members (excludes halogenated alkanes) is 8. The summed E-state index contributed by atoms with van der Waals surface area (Å²) in [6.07, 6.45) is 10.8. The predicted octanol–water partition coefficient (Wildman–Crippen LogP) is 5.32. The molecule has 0 aromatic heterocycles. The maximum absolute atomic E-state index is 11.8. The molecule has 0 aliphatic rings. The Morgan fingerprint density at radius 3 is 1.53 bits per heavy atom. The normalized spacial score (nSPS) is 12.0. The van der Waals surface area contributed by atoms with Gasteiger partial charge in [-0.15, -0.1) is 0 Å². The molecule has 0 aromatic rings. The van der Waals surface area contributed by atoms with Crippen LogP contribution in [-0.4, -0.2) is 21.6 Å². The molecule has 0 aliphatic heterocycles. The zero-order valence-corrected chi connectivity index (χ0v) is 13.1. The van der Waals surface area contributed by atoms with Crippen molar-refractivity contribution in [2.75, 3.05) is 13.3 Å². The Hall–Kier alpha value is 0.107. The van der Waals surface area contributed by atoms with E-state index in [1.807, 2.05) is 0 Å². The largest absolute Gasteiger partial charge is 0.418 e. The summed E-state index contributed by atoms with van der Waals surface area (Å²) in [5, 5.41) is 0. The summed E-state index contributed by atoms with van der Waals surface area (Å²) in [4.78, 5) is 0. The van der Waals surface area contributed by atoms with Gasteiger partial charge in [0, 0.05) is 6.61 Å². The lowest BCUT2D eigenvalue weighted by molar-refractivity contribution is 0.298. The van der Waals surface area contributed by atoms with E-state index >= 15 is 0 Å². The van der Waals surface area contributed by atoms with Crippen LogP contribution >= 0.6 is 0 Å². The Morgan fingerprint density at radius 1 is 0.706 bits per heavy atom. The summed E-state index contributed by atoms with van der Waals surface area (Å²) in [6.45, 7) is 7.53. The van der Waals surface area contributed by atoms with Crippen molar-refractivity contribution in [2.45, 2.75) is 77.4 Å². The molecule has 0 aromatic carbocycles. The Bertz CT molecular complexity index is 157.